The van der Waals surface area contributed by atoms with E-state index in [9.17, 15) is 4.79 Å². The Labute approximate surface area is 193 Å². The molecule has 1 heterocycles. The fourth-order valence-corrected chi connectivity index (χ4v) is 3.53. The molecule has 5 heteroatoms. The summed E-state index contributed by atoms with van der Waals surface area (Å²) in [7, 11) is 2.91. The predicted molar refractivity (Wildman–Crippen MR) is 130 cm³/mol. The molecule has 33 heavy (non-hydrogen) atoms. The molecule has 0 saturated carbocycles. The van der Waals surface area contributed by atoms with Gasteiger partial charge in [-0.25, -0.2) is 14.8 Å². The van der Waals surface area contributed by atoms with Crippen LogP contribution in [0.5, 0.6) is 5.75 Å². The van der Waals surface area contributed by atoms with Crippen LogP contribution in [-0.4, -0.2) is 30.9 Å². The van der Waals surface area contributed by atoms with Crippen molar-refractivity contribution in [2.24, 2.45) is 4.99 Å². The third kappa shape index (κ3) is 4.83. The molecule has 4 rings (SSSR count). The molecular formula is C28H24N2O3. The summed E-state index contributed by atoms with van der Waals surface area (Å²) >= 11 is 0. The van der Waals surface area contributed by atoms with Crippen LogP contribution in [0.2, 0.25) is 0 Å². The van der Waals surface area contributed by atoms with Crippen LogP contribution in [0, 0.1) is 6.92 Å². The number of benzene rings is 3. The molecule has 0 unspecified atom stereocenters. The smallest absolute Gasteiger partial charge is 0.356 e. The van der Waals surface area contributed by atoms with E-state index in [4.69, 9.17) is 14.5 Å². The van der Waals surface area contributed by atoms with E-state index >= 15 is 0 Å². The fourth-order valence-electron chi connectivity index (χ4n) is 3.53. The highest BCUT2D eigenvalue weighted by molar-refractivity contribution is 6.18. The van der Waals surface area contributed by atoms with E-state index in [0.29, 0.717) is 22.7 Å². The minimum absolute atomic E-state index is 0.166. The second-order valence-electron chi connectivity index (χ2n) is 7.45. The zero-order valence-corrected chi connectivity index (χ0v) is 18.8. The third-order valence-electron chi connectivity index (χ3n) is 5.20. The number of hydrogen-bond donors (Lipinski definition) is 0. The predicted octanol–water partition coefficient (Wildman–Crippen LogP) is 6.02. The van der Waals surface area contributed by atoms with Gasteiger partial charge in [-0.15, -0.1) is 0 Å². The Balaban J connectivity index is 2.05. The zero-order chi connectivity index (χ0) is 23.2. The van der Waals surface area contributed by atoms with Gasteiger partial charge < -0.3 is 9.47 Å². The van der Waals surface area contributed by atoms with Gasteiger partial charge in [0.05, 0.1) is 36.9 Å². The molecule has 0 spiro atoms. The highest BCUT2D eigenvalue weighted by atomic mass is 16.5. The summed E-state index contributed by atoms with van der Waals surface area (Å²) in [5.74, 6) is -0.0484. The Morgan fingerprint density at radius 1 is 0.848 bits per heavy atom. The Bertz CT molecular complexity index is 1280. The molecule has 0 aliphatic carbocycles. The number of nitrogens with zero attached hydrogens (tertiary/aromatic N) is 2. The summed E-state index contributed by atoms with van der Waals surface area (Å²) in [5.41, 5.74) is 5.84. The lowest BCUT2D eigenvalue weighted by Crippen LogP contribution is -2.13. The number of methoxy groups -OCH3 is 2. The van der Waals surface area contributed by atoms with Crippen molar-refractivity contribution in [2.75, 3.05) is 14.2 Å². The normalized spacial score (nSPS) is 11.2. The monoisotopic (exact) mass is 436 g/mol. The van der Waals surface area contributed by atoms with Gasteiger partial charge in [0, 0.05) is 17.2 Å². The summed E-state index contributed by atoms with van der Waals surface area (Å²) in [6.45, 7) is 2.04. The number of carbonyl (C=O) groups is 1. The van der Waals surface area contributed by atoms with Crippen LogP contribution in [0.25, 0.3) is 11.3 Å². The van der Waals surface area contributed by atoms with E-state index in [2.05, 4.69) is 4.98 Å². The van der Waals surface area contributed by atoms with Gasteiger partial charge in [-0.2, -0.15) is 0 Å². The molecule has 0 saturated heterocycles. The molecule has 0 N–H and O–H groups in total. The number of rotatable bonds is 6. The first-order valence-corrected chi connectivity index (χ1v) is 10.5. The van der Waals surface area contributed by atoms with Crippen molar-refractivity contribution in [3.63, 3.8) is 0 Å². The summed E-state index contributed by atoms with van der Waals surface area (Å²) < 4.78 is 10.7. The molecule has 0 atom stereocenters. The number of hydrogen-bond acceptors (Lipinski definition) is 5. The van der Waals surface area contributed by atoms with E-state index in [0.717, 1.165) is 22.4 Å². The quantitative estimate of drug-likeness (QED) is 0.274. The average Bonchev–Trinajstić information content (AvgIpc) is 2.88. The number of aliphatic imine (C=N–C) groups is 1. The summed E-state index contributed by atoms with van der Waals surface area (Å²) in [5, 5.41) is 0. The lowest BCUT2D eigenvalue weighted by atomic mass is 9.95. The van der Waals surface area contributed by atoms with E-state index in [1.165, 1.54) is 7.11 Å². The topological polar surface area (TPSA) is 60.8 Å². The van der Waals surface area contributed by atoms with Crippen molar-refractivity contribution >= 4 is 17.4 Å². The molecule has 0 bridgehead atoms. The van der Waals surface area contributed by atoms with Crippen molar-refractivity contribution in [1.82, 2.24) is 4.98 Å². The second kappa shape index (κ2) is 9.92. The minimum Gasteiger partial charge on any atom is -0.496 e. The molecule has 4 aromatic rings. The lowest BCUT2D eigenvalue weighted by molar-refractivity contribution is 0.0593. The Morgan fingerprint density at radius 2 is 1.48 bits per heavy atom. The van der Waals surface area contributed by atoms with E-state index in [1.807, 2.05) is 91.9 Å². The van der Waals surface area contributed by atoms with Crippen molar-refractivity contribution in [2.45, 2.75) is 6.92 Å². The molecule has 0 fully saturated rings. The summed E-state index contributed by atoms with van der Waals surface area (Å²) in [4.78, 5) is 22.1. The maximum absolute atomic E-state index is 12.4. The van der Waals surface area contributed by atoms with Crippen molar-refractivity contribution in [3.8, 4) is 17.0 Å². The summed E-state index contributed by atoms with van der Waals surface area (Å²) in [6, 6.07) is 29.2. The molecule has 5 nitrogen and oxygen atoms in total. The van der Waals surface area contributed by atoms with Crippen LogP contribution >= 0.6 is 0 Å². The standard InChI is InChI=1S/C28H24N2O3/c1-19-14-16-22(17-15-19)29-26(20-10-6-4-7-11-20)25-24(32-2)18-23(28(31)33-3)30-27(25)21-12-8-5-9-13-21/h4-18H,1-3H3. The van der Waals surface area contributed by atoms with Crippen molar-refractivity contribution in [3.05, 3.63) is 113 Å². The van der Waals surface area contributed by atoms with E-state index in [-0.39, 0.29) is 5.69 Å². The van der Waals surface area contributed by atoms with Gasteiger partial charge in [0.1, 0.15) is 5.75 Å². The Kier molecular flexibility index (Phi) is 6.60. The van der Waals surface area contributed by atoms with Crippen LogP contribution in [-0.2, 0) is 4.74 Å². The molecule has 164 valence electrons. The molecular weight excluding hydrogens is 412 g/mol. The largest absolute Gasteiger partial charge is 0.496 e. The molecule has 1 aromatic heterocycles. The lowest BCUT2D eigenvalue weighted by Gasteiger charge is -2.17. The first-order chi connectivity index (χ1) is 16.1. The summed E-state index contributed by atoms with van der Waals surface area (Å²) in [6.07, 6.45) is 0. The van der Waals surface area contributed by atoms with Crippen LogP contribution in [0.4, 0.5) is 5.69 Å². The Morgan fingerprint density at radius 3 is 2.09 bits per heavy atom. The van der Waals surface area contributed by atoms with Gasteiger partial charge in [-0.05, 0) is 19.1 Å². The van der Waals surface area contributed by atoms with Crippen molar-refractivity contribution < 1.29 is 14.3 Å². The Hall–Kier alpha value is -4.25. The number of esters is 1. The van der Waals surface area contributed by atoms with Gasteiger partial charge in [-0.3, -0.25) is 0 Å². The van der Waals surface area contributed by atoms with Crippen LogP contribution in [0.3, 0.4) is 0 Å². The number of ether oxygens (including phenoxy) is 2. The first kappa shape index (κ1) is 22.0. The molecule has 3 aromatic carbocycles. The molecule has 0 aliphatic heterocycles. The van der Waals surface area contributed by atoms with Gasteiger partial charge in [0.2, 0.25) is 0 Å². The van der Waals surface area contributed by atoms with E-state index in [1.54, 1.807) is 13.2 Å². The van der Waals surface area contributed by atoms with Crippen LogP contribution in [0.1, 0.15) is 27.2 Å². The first-order valence-electron chi connectivity index (χ1n) is 10.5. The number of aromatic nitrogens is 1. The SMILES string of the molecule is COC(=O)c1cc(OC)c(C(=Nc2ccc(C)cc2)c2ccccc2)c(-c2ccccc2)n1. The van der Waals surface area contributed by atoms with Gasteiger partial charge in [-0.1, -0.05) is 78.4 Å². The number of carbonyl (C=O) groups excluding carboxylic acids is 1. The highest BCUT2D eigenvalue weighted by Gasteiger charge is 2.23. The maximum Gasteiger partial charge on any atom is 0.356 e. The highest BCUT2D eigenvalue weighted by Crippen LogP contribution is 2.34. The fraction of sp³-hybridized carbons (Fsp3) is 0.107. The minimum atomic E-state index is -0.534. The molecule has 0 amide bonds. The number of pyridine rings is 1. The van der Waals surface area contributed by atoms with E-state index < -0.39 is 5.97 Å². The average molecular weight is 437 g/mol. The third-order valence-corrected chi connectivity index (χ3v) is 5.20. The maximum atomic E-state index is 12.4. The second-order valence-corrected chi connectivity index (χ2v) is 7.45. The van der Waals surface area contributed by atoms with Crippen LogP contribution < -0.4 is 4.74 Å². The van der Waals surface area contributed by atoms with Gasteiger partial charge in [0.15, 0.2) is 5.69 Å². The molecule has 0 aliphatic rings. The van der Waals surface area contributed by atoms with Crippen LogP contribution in [0.15, 0.2) is 96.0 Å². The van der Waals surface area contributed by atoms with Crippen molar-refractivity contribution in [1.29, 1.82) is 0 Å². The molecule has 0 radical (unpaired) electrons. The van der Waals surface area contributed by atoms with Gasteiger partial charge >= 0.3 is 5.97 Å². The zero-order valence-electron chi connectivity index (χ0n) is 18.8. The number of aryl methyl sites for hydroxylation is 1. The van der Waals surface area contributed by atoms with Gasteiger partial charge in [0.25, 0.3) is 0 Å².